The van der Waals surface area contributed by atoms with E-state index < -0.39 is 4.92 Å². The van der Waals surface area contributed by atoms with Crippen LogP contribution in [0, 0.1) is 28.4 Å². The number of aryl methyl sites for hydroxylation is 1. The number of benzene rings is 1. The summed E-state index contributed by atoms with van der Waals surface area (Å²) < 4.78 is 0. The molecule has 2 N–H and O–H groups in total. The minimum atomic E-state index is -0.497. The lowest BCUT2D eigenvalue weighted by Gasteiger charge is -2.16. The van der Waals surface area contributed by atoms with Crippen LogP contribution >= 0.6 is 11.6 Å². The Morgan fingerprint density at radius 2 is 2.17 bits per heavy atom. The lowest BCUT2D eigenvalue weighted by molar-refractivity contribution is -0.384. The number of nitrogens with two attached hydrogens (primary N) is 1. The zero-order valence-electron chi connectivity index (χ0n) is 12.8. The Morgan fingerprint density at radius 3 is 2.74 bits per heavy atom. The largest absolute Gasteiger partial charge is 0.383 e. The molecule has 0 saturated heterocycles. The molecule has 0 unspecified atom stereocenters. The second-order valence-electron chi connectivity index (χ2n) is 5.09. The smallest absolute Gasteiger partial charge is 0.270 e. The molecule has 0 fully saturated rings. The molecule has 23 heavy (non-hydrogen) atoms. The van der Waals surface area contributed by atoms with Gasteiger partial charge in [-0.05, 0) is 25.0 Å². The number of nitrogens with zero attached hydrogens (tertiary/aromatic N) is 3. The Hall–Kier alpha value is -2.65. The third-order valence-corrected chi connectivity index (χ3v) is 3.90. The summed E-state index contributed by atoms with van der Waals surface area (Å²) in [5.74, 6) is 0.0995. The standard InChI is InChI=1S/C16H15ClN4O2/c1-3-4-11-9(2)20-16(19)13(8-18)15(11)12-7-10(21(22)23)5-6-14(12)17/h5-7H,3-4H2,1-2H3,(H2,19,20). The van der Waals surface area contributed by atoms with E-state index in [-0.39, 0.29) is 17.1 Å². The number of anilines is 1. The predicted molar refractivity (Wildman–Crippen MR) is 89.2 cm³/mol. The highest BCUT2D eigenvalue weighted by atomic mass is 35.5. The first-order chi connectivity index (χ1) is 10.9. The zero-order valence-corrected chi connectivity index (χ0v) is 13.5. The second-order valence-corrected chi connectivity index (χ2v) is 5.50. The topological polar surface area (TPSA) is 106 Å². The van der Waals surface area contributed by atoms with E-state index in [2.05, 4.69) is 4.98 Å². The van der Waals surface area contributed by atoms with Crippen LogP contribution in [-0.2, 0) is 6.42 Å². The number of hydrogen-bond acceptors (Lipinski definition) is 5. The van der Waals surface area contributed by atoms with E-state index in [9.17, 15) is 15.4 Å². The van der Waals surface area contributed by atoms with Gasteiger partial charge in [0, 0.05) is 34.0 Å². The molecule has 2 rings (SSSR count). The third-order valence-electron chi connectivity index (χ3n) is 3.57. The maximum Gasteiger partial charge on any atom is 0.270 e. The molecule has 0 radical (unpaired) electrons. The van der Waals surface area contributed by atoms with Crippen LogP contribution < -0.4 is 5.73 Å². The molecule has 0 aliphatic heterocycles. The van der Waals surface area contributed by atoms with E-state index >= 15 is 0 Å². The summed E-state index contributed by atoms with van der Waals surface area (Å²) in [6.07, 6.45) is 1.50. The molecule has 0 aliphatic carbocycles. The van der Waals surface area contributed by atoms with Crippen LogP contribution in [0.15, 0.2) is 18.2 Å². The van der Waals surface area contributed by atoms with Gasteiger partial charge in [0.2, 0.25) is 0 Å². The van der Waals surface area contributed by atoms with Gasteiger partial charge in [-0.3, -0.25) is 10.1 Å². The van der Waals surface area contributed by atoms with Crippen LogP contribution in [0.1, 0.15) is 30.2 Å². The summed E-state index contributed by atoms with van der Waals surface area (Å²) in [6, 6.07) is 6.20. The summed E-state index contributed by atoms with van der Waals surface area (Å²) in [5, 5.41) is 20.8. The van der Waals surface area contributed by atoms with Crippen molar-refractivity contribution in [2.75, 3.05) is 5.73 Å². The van der Waals surface area contributed by atoms with Crippen molar-refractivity contribution in [2.24, 2.45) is 0 Å². The predicted octanol–water partition coefficient (Wildman–Crippen LogP) is 4.03. The molecular weight excluding hydrogens is 316 g/mol. The van der Waals surface area contributed by atoms with Crippen LogP contribution in [0.4, 0.5) is 11.5 Å². The molecule has 0 spiro atoms. The molecule has 0 saturated carbocycles. The molecule has 1 heterocycles. The van der Waals surface area contributed by atoms with Crippen molar-refractivity contribution in [3.8, 4) is 17.2 Å². The monoisotopic (exact) mass is 330 g/mol. The van der Waals surface area contributed by atoms with Crippen LogP contribution in [0.25, 0.3) is 11.1 Å². The van der Waals surface area contributed by atoms with Gasteiger partial charge >= 0.3 is 0 Å². The minimum absolute atomic E-state index is 0.0937. The Kier molecular flexibility index (Phi) is 4.82. The Labute approximate surface area is 138 Å². The van der Waals surface area contributed by atoms with Gasteiger partial charge in [0.15, 0.2) is 0 Å². The van der Waals surface area contributed by atoms with E-state index in [4.69, 9.17) is 17.3 Å². The molecule has 6 nitrogen and oxygen atoms in total. The van der Waals surface area contributed by atoms with E-state index in [0.717, 1.165) is 12.0 Å². The second kappa shape index (κ2) is 6.63. The van der Waals surface area contributed by atoms with Gasteiger partial charge in [0.1, 0.15) is 17.5 Å². The number of rotatable bonds is 4. The summed E-state index contributed by atoms with van der Waals surface area (Å²) in [4.78, 5) is 14.8. The van der Waals surface area contributed by atoms with Crippen molar-refractivity contribution in [2.45, 2.75) is 26.7 Å². The average molecular weight is 331 g/mol. The molecule has 7 heteroatoms. The molecule has 0 atom stereocenters. The quantitative estimate of drug-likeness (QED) is 0.673. The van der Waals surface area contributed by atoms with Gasteiger partial charge in [-0.15, -0.1) is 0 Å². The highest BCUT2D eigenvalue weighted by Crippen LogP contribution is 2.38. The van der Waals surface area contributed by atoms with Gasteiger partial charge in [-0.1, -0.05) is 24.9 Å². The Morgan fingerprint density at radius 1 is 1.48 bits per heavy atom. The maximum absolute atomic E-state index is 11.1. The summed E-state index contributed by atoms with van der Waals surface area (Å²) in [7, 11) is 0. The van der Waals surface area contributed by atoms with Crippen molar-refractivity contribution in [1.82, 2.24) is 4.98 Å². The molecule has 1 aromatic carbocycles. The van der Waals surface area contributed by atoms with Gasteiger partial charge in [0.25, 0.3) is 5.69 Å². The normalized spacial score (nSPS) is 10.3. The van der Waals surface area contributed by atoms with E-state index in [1.165, 1.54) is 18.2 Å². The molecule has 0 aliphatic rings. The average Bonchev–Trinajstić information content (AvgIpc) is 2.50. The Balaban J connectivity index is 2.89. The zero-order chi connectivity index (χ0) is 17.1. The highest BCUT2D eigenvalue weighted by molar-refractivity contribution is 6.33. The molecule has 0 bridgehead atoms. The third kappa shape index (κ3) is 3.10. The minimum Gasteiger partial charge on any atom is -0.383 e. The highest BCUT2D eigenvalue weighted by Gasteiger charge is 2.21. The molecular formula is C16H15ClN4O2. The van der Waals surface area contributed by atoms with Crippen LogP contribution in [0.3, 0.4) is 0 Å². The van der Waals surface area contributed by atoms with Gasteiger partial charge in [-0.2, -0.15) is 5.26 Å². The molecule has 2 aromatic rings. The van der Waals surface area contributed by atoms with Gasteiger partial charge < -0.3 is 5.73 Å². The fourth-order valence-corrected chi connectivity index (χ4v) is 2.76. The van der Waals surface area contributed by atoms with Crippen molar-refractivity contribution in [3.63, 3.8) is 0 Å². The van der Waals surface area contributed by atoms with Crippen molar-refractivity contribution in [1.29, 1.82) is 5.26 Å². The summed E-state index contributed by atoms with van der Waals surface area (Å²) >= 11 is 6.25. The van der Waals surface area contributed by atoms with E-state index in [0.29, 0.717) is 28.3 Å². The first-order valence-electron chi connectivity index (χ1n) is 7.04. The van der Waals surface area contributed by atoms with Gasteiger partial charge in [0.05, 0.1) is 4.92 Å². The van der Waals surface area contributed by atoms with Crippen molar-refractivity contribution in [3.05, 3.63) is 50.2 Å². The summed E-state index contributed by atoms with van der Waals surface area (Å²) in [6.45, 7) is 3.80. The first kappa shape index (κ1) is 16.7. The number of nitro benzene ring substituents is 1. The fourth-order valence-electron chi connectivity index (χ4n) is 2.55. The van der Waals surface area contributed by atoms with Crippen molar-refractivity contribution < 1.29 is 4.92 Å². The number of nitro groups is 1. The van der Waals surface area contributed by atoms with Gasteiger partial charge in [-0.25, -0.2) is 4.98 Å². The van der Waals surface area contributed by atoms with Crippen molar-refractivity contribution >= 4 is 23.1 Å². The number of halogens is 1. The number of aromatic nitrogens is 1. The van der Waals surface area contributed by atoms with Crippen LogP contribution in [0.5, 0.6) is 0 Å². The van der Waals surface area contributed by atoms with E-state index in [1.54, 1.807) is 6.92 Å². The number of pyridine rings is 1. The first-order valence-corrected chi connectivity index (χ1v) is 7.41. The number of nitrogen functional groups attached to an aromatic ring is 1. The maximum atomic E-state index is 11.1. The SMILES string of the molecule is CCCc1c(C)nc(N)c(C#N)c1-c1cc([N+](=O)[O-])ccc1Cl. The molecule has 1 aromatic heterocycles. The van der Waals surface area contributed by atoms with Crippen LogP contribution in [0.2, 0.25) is 5.02 Å². The van der Waals surface area contributed by atoms with E-state index in [1.807, 2.05) is 13.0 Å². The summed E-state index contributed by atoms with van der Waals surface area (Å²) in [5.41, 5.74) is 8.47. The molecule has 0 amide bonds. The number of hydrogen-bond donors (Lipinski definition) is 1. The fraction of sp³-hybridized carbons (Fsp3) is 0.250. The lowest BCUT2D eigenvalue weighted by atomic mass is 9.91. The number of nitriles is 1. The lowest BCUT2D eigenvalue weighted by Crippen LogP contribution is -2.06. The molecule has 118 valence electrons. The number of non-ortho nitro benzene ring substituents is 1. The Bertz CT molecular complexity index is 828. The van der Waals surface area contributed by atoms with Crippen LogP contribution in [-0.4, -0.2) is 9.91 Å².